The van der Waals surface area contributed by atoms with Crippen molar-refractivity contribution in [3.8, 4) is 0 Å². The molecule has 0 aliphatic heterocycles. The highest BCUT2D eigenvalue weighted by Gasteiger charge is 2.11. The quantitative estimate of drug-likeness (QED) is 0.761. The molecule has 2 aromatic rings. The molecule has 4 N–H and O–H groups in total. The van der Waals surface area contributed by atoms with E-state index >= 15 is 0 Å². The molecule has 1 heterocycles. The van der Waals surface area contributed by atoms with Crippen LogP contribution in [0.3, 0.4) is 0 Å². The smallest absolute Gasteiger partial charge is 0.222 e. The Morgan fingerprint density at radius 1 is 1.41 bits per heavy atom. The van der Waals surface area contributed by atoms with Gasteiger partial charge in [-0.15, -0.1) is 12.4 Å². The predicted octanol–water partition coefficient (Wildman–Crippen LogP) is 2.19. The number of rotatable bonds is 6. The first kappa shape index (κ1) is 18.5. The molecule has 1 aromatic heterocycles. The normalized spacial score (nSPS) is 12.0. The van der Waals surface area contributed by atoms with Gasteiger partial charge in [0, 0.05) is 36.8 Å². The first-order valence-electron chi connectivity index (χ1n) is 7.12. The number of halogens is 1. The molecule has 122 valence electrons. The van der Waals surface area contributed by atoms with E-state index in [4.69, 9.17) is 10.5 Å². The van der Waals surface area contributed by atoms with E-state index in [0.29, 0.717) is 13.1 Å². The molecule has 6 heteroatoms. The number of benzene rings is 1. The highest BCUT2D eigenvalue weighted by molar-refractivity contribution is 5.85. The zero-order valence-corrected chi connectivity index (χ0v) is 14.0. The summed E-state index contributed by atoms with van der Waals surface area (Å²) in [6, 6.07) is 6.19. The minimum atomic E-state index is -0.220. The van der Waals surface area contributed by atoms with Crippen LogP contribution in [0.2, 0.25) is 0 Å². The van der Waals surface area contributed by atoms with Crippen LogP contribution >= 0.6 is 12.4 Å². The fraction of sp³-hybridized carbons (Fsp3) is 0.438. The van der Waals surface area contributed by atoms with Gasteiger partial charge in [-0.1, -0.05) is 6.07 Å². The molecule has 1 unspecified atom stereocenters. The van der Waals surface area contributed by atoms with Gasteiger partial charge in [-0.05, 0) is 37.1 Å². The maximum Gasteiger partial charge on any atom is 0.222 e. The lowest BCUT2D eigenvalue weighted by Gasteiger charge is -2.12. The minimum absolute atomic E-state index is 0. The Balaban J connectivity index is 0.00000242. The van der Waals surface area contributed by atoms with Crippen LogP contribution in [0.1, 0.15) is 23.2 Å². The Bertz CT molecular complexity index is 636. The Labute approximate surface area is 137 Å². The zero-order chi connectivity index (χ0) is 15.4. The van der Waals surface area contributed by atoms with Crippen molar-refractivity contribution in [1.82, 2.24) is 10.3 Å². The lowest BCUT2D eigenvalue weighted by molar-refractivity contribution is -0.123. The standard InChI is InChI=1S/C16H23N3O2.ClH/c1-10-11(2)19-15-5-4-12(6-14(10)15)9-18-16(20)7-13(8-17)21-3;/h4-6,13,19H,7-9,17H2,1-3H3,(H,18,20);1H. The molecule has 0 radical (unpaired) electrons. The Kier molecular flexibility index (Phi) is 6.87. The topological polar surface area (TPSA) is 80.1 Å². The number of nitrogens with two attached hydrogens (primary N) is 1. The third-order valence-corrected chi connectivity index (χ3v) is 3.87. The van der Waals surface area contributed by atoms with Crippen molar-refractivity contribution in [3.05, 3.63) is 35.0 Å². The number of H-pyrrole nitrogens is 1. The highest BCUT2D eigenvalue weighted by Crippen LogP contribution is 2.22. The largest absolute Gasteiger partial charge is 0.380 e. The molecule has 0 aliphatic carbocycles. The van der Waals surface area contributed by atoms with E-state index in [1.54, 1.807) is 7.11 Å². The molecule has 0 bridgehead atoms. The molecule has 22 heavy (non-hydrogen) atoms. The molecule has 0 fully saturated rings. The average molecular weight is 326 g/mol. The van der Waals surface area contributed by atoms with Gasteiger partial charge in [-0.2, -0.15) is 0 Å². The Morgan fingerprint density at radius 2 is 2.14 bits per heavy atom. The van der Waals surface area contributed by atoms with Crippen LogP contribution < -0.4 is 11.1 Å². The van der Waals surface area contributed by atoms with Crippen molar-refractivity contribution in [2.75, 3.05) is 13.7 Å². The number of aryl methyl sites for hydroxylation is 2. The summed E-state index contributed by atoms with van der Waals surface area (Å²) in [5, 5.41) is 4.11. The number of hydrogen-bond donors (Lipinski definition) is 3. The summed E-state index contributed by atoms with van der Waals surface area (Å²) in [6.45, 7) is 5.02. The number of aromatic amines is 1. The predicted molar refractivity (Wildman–Crippen MR) is 91.3 cm³/mol. The summed E-state index contributed by atoms with van der Waals surface area (Å²) in [4.78, 5) is 15.2. The van der Waals surface area contributed by atoms with Gasteiger partial charge in [0.05, 0.1) is 12.5 Å². The summed E-state index contributed by atoms with van der Waals surface area (Å²) < 4.78 is 5.11. The second kappa shape index (κ2) is 8.17. The van der Waals surface area contributed by atoms with Crippen LogP contribution in [0.4, 0.5) is 0 Å². The van der Waals surface area contributed by atoms with Gasteiger partial charge in [0.15, 0.2) is 0 Å². The SMILES string of the molecule is COC(CN)CC(=O)NCc1ccc2[nH]c(C)c(C)c2c1.Cl. The van der Waals surface area contributed by atoms with Crippen molar-refractivity contribution in [2.24, 2.45) is 5.73 Å². The van der Waals surface area contributed by atoms with E-state index in [1.807, 2.05) is 6.07 Å². The fourth-order valence-electron chi connectivity index (χ4n) is 2.36. The molecule has 2 rings (SSSR count). The molecule has 1 amide bonds. The number of carbonyl (C=O) groups is 1. The molecule has 0 saturated heterocycles. The third kappa shape index (κ3) is 4.22. The van der Waals surface area contributed by atoms with E-state index in [1.165, 1.54) is 16.6 Å². The number of nitrogens with one attached hydrogen (secondary N) is 2. The van der Waals surface area contributed by atoms with E-state index < -0.39 is 0 Å². The van der Waals surface area contributed by atoms with Crippen LogP contribution in [-0.4, -0.2) is 30.6 Å². The summed E-state index contributed by atoms with van der Waals surface area (Å²) in [5.41, 5.74) is 10.2. The lowest BCUT2D eigenvalue weighted by atomic mass is 10.1. The molecule has 1 aromatic carbocycles. The van der Waals surface area contributed by atoms with Gasteiger partial charge in [0.25, 0.3) is 0 Å². The van der Waals surface area contributed by atoms with Crippen molar-refractivity contribution in [1.29, 1.82) is 0 Å². The van der Waals surface area contributed by atoms with Crippen molar-refractivity contribution >= 4 is 29.2 Å². The average Bonchev–Trinajstić information content (AvgIpc) is 2.77. The van der Waals surface area contributed by atoms with E-state index in [-0.39, 0.29) is 30.8 Å². The summed E-state index contributed by atoms with van der Waals surface area (Å²) in [6.07, 6.45) is 0.0689. The maximum absolute atomic E-state index is 11.8. The number of hydrogen-bond acceptors (Lipinski definition) is 3. The molecule has 0 aliphatic rings. The molecular formula is C16H24ClN3O2. The molecule has 1 atom stereocenters. The second-order valence-electron chi connectivity index (χ2n) is 5.33. The number of ether oxygens (including phenoxy) is 1. The fourth-order valence-corrected chi connectivity index (χ4v) is 2.36. The zero-order valence-electron chi connectivity index (χ0n) is 13.2. The second-order valence-corrected chi connectivity index (χ2v) is 5.33. The van der Waals surface area contributed by atoms with E-state index in [2.05, 4.69) is 36.3 Å². The number of methoxy groups -OCH3 is 1. The monoisotopic (exact) mass is 325 g/mol. The van der Waals surface area contributed by atoms with Crippen LogP contribution in [0, 0.1) is 13.8 Å². The lowest BCUT2D eigenvalue weighted by Crippen LogP contribution is -2.31. The van der Waals surface area contributed by atoms with Gasteiger partial charge in [0.2, 0.25) is 5.91 Å². The molecule has 0 saturated carbocycles. The van der Waals surface area contributed by atoms with Crippen LogP contribution in [0.5, 0.6) is 0 Å². The summed E-state index contributed by atoms with van der Waals surface area (Å²) in [7, 11) is 1.57. The molecule has 5 nitrogen and oxygen atoms in total. The number of fused-ring (bicyclic) bond motifs is 1. The number of carbonyl (C=O) groups excluding carboxylic acids is 1. The van der Waals surface area contributed by atoms with Gasteiger partial charge in [0.1, 0.15) is 0 Å². The minimum Gasteiger partial charge on any atom is -0.380 e. The maximum atomic E-state index is 11.8. The van der Waals surface area contributed by atoms with Gasteiger partial charge in [-0.3, -0.25) is 4.79 Å². The number of amides is 1. The number of aromatic nitrogens is 1. The van der Waals surface area contributed by atoms with Crippen LogP contribution in [0.15, 0.2) is 18.2 Å². The molecular weight excluding hydrogens is 302 g/mol. The highest BCUT2D eigenvalue weighted by atomic mass is 35.5. The Morgan fingerprint density at radius 3 is 2.77 bits per heavy atom. The van der Waals surface area contributed by atoms with Gasteiger partial charge in [-0.25, -0.2) is 0 Å². The van der Waals surface area contributed by atoms with E-state index in [0.717, 1.165) is 11.1 Å². The van der Waals surface area contributed by atoms with Crippen LogP contribution in [0.25, 0.3) is 10.9 Å². The van der Waals surface area contributed by atoms with Gasteiger partial charge >= 0.3 is 0 Å². The third-order valence-electron chi connectivity index (χ3n) is 3.87. The van der Waals surface area contributed by atoms with Crippen molar-refractivity contribution < 1.29 is 9.53 Å². The summed E-state index contributed by atoms with van der Waals surface area (Å²) >= 11 is 0. The van der Waals surface area contributed by atoms with Gasteiger partial charge < -0.3 is 20.8 Å². The first-order valence-corrected chi connectivity index (χ1v) is 7.12. The van der Waals surface area contributed by atoms with E-state index in [9.17, 15) is 4.79 Å². The van der Waals surface area contributed by atoms with Crippen molar-refractivity contribution in [2.45, 2.75) is 32.9 Å². The van der Waals surface area contributed by atoms with Crippen molar-refractivity contribution in [3.63, 3.8) is 0 Å². The molecule has 0 spiro atoms. The first-order chi connectivity index (χ1) is 10.0. The summed E-state index contributed by atoms with van der Waals surface area (Å²) in [5.74, 6) is -0.0469. The Hall–Kier alpha value is -1.56. The van der Waals surface area contributed by atoms with Crippen LogP contribution in [-0.2, 0) is 16.1 Å².